The summed E-state index contributed by atoms with van der Waals surface area (Å²) in [6, 6.07) is 15.9. The molecule has 1 heterocycles. The predicted molar refractivity (Wildman–Crippen MR) is 107 cm³/mol. The number of anilines is 3. The number of hydrogen-bond acceptors (Lipinski definition) is 6. The number of aryl methyl sites for hydroxylation is 2. The topological polar surface area (TPSA) is 93.2 Å². The molecule has 0 bridgehead atoms. The fourth-order valence-corrected chi connectivity index (χ4v) is 2.66. The van der Waals surface area contributed by atoms with Crippen LogP contribution in [0.5, 0.6) is 0 Å². The molecule has 0 unspecified atom stereocenters. The van der Waals surface area contributed by atoms with Crippen molar-refractivity contribution in [3.8, 4) is 0 Å². The van der Waals surface area contributed by atoms with Crippen LogP contribution in [0.1, 0.15) is 32.2 Å². The van der Waals surface area contributed by atoms with Crippen molar-refractivity contribution in [2.24, 2.45) is 0 Å². The number of esters is 1. The number of amides is 1. The van der Waals surface area contributed by atoms with E-state index in [1.807, 2.05) is 31.2 Å². The van der Waals surface area contributed by atoms with Crippen molar-refractivity contribution in [2.75, 3.05) is 17.7 Å². The normalized spacial score (nSPS) is 10.2. The van der Waals surface area contributed by atoms with E-state index in [1.54, 1.807) is 37.3 Å². The first kappa shape index (κ1) is 19.0. The lowest BCUT2D eigenvalue weighted by Gasteiger charge is -2.10. The molecule has 28 heavy (non-hydrogen) atoms. The standard InChI is InChI=1S/C21H20N4O3/c1-13-6-4-8-16(10-13)24-19-12-18(22-14(2)23-19)20(26)25-17-9-5-7-15(11-17)21(27)28-3/h4-12H,1-3H3,(H,25,26)(H,22,23,24). The molecule has 7 heteroatoms. The van der Waals surface area contributed by atoms with Crippen molar-refractivity contribution >= 4 is 29.1 Å². The molecule has 0 aliphatic carbocycles. The monoisotopic (exact) mass is 376 g/mol. The fraction of sp³-hybridized carbons (Fsp3) is 0.143. The summed E-state index contributed by atoms with van der Waals surface area (Å²) in [5.74, 6) is 0.108. The molecule has 142 valence electrons. The molecule has 0 aliphatic rings. The molecule has 0 spiro atoms. The van der Waals surface area contributed by atoms with Crippen LogP contribution in [0.3, 0.4) is 0 Å². The van der Waals surface area contributed by atoms with Gasteiger partial charge in [-0.15, -0.1) is 0 Å². The summed E-state index contributed by atoms with van der Waals surface area (Å²) in [6.45, 7) is 3.72. The van der Waals surface area contributed by atoms with Crippen LogP contribution in [0.4, 0.5) is 17.2 Å². The molecule has 1 amide bonds. The van der Waals surface area contributed by atoms with Crippen molar-refractivity contribution in [3.63, 3.8) is 0 Å². The van der Waals surface area contributed by atoms with Crippen LogP contribution in [-0.4, -0.2) is 29.0 Å². The SMILES string of the molecule is COC(=O)c1cccc(NC(=O)c2cc(Nc3cccc(C)c3)nc(C)n2)c1. The highest BCUT2D eigenvalue weighted by molar-refractivity contribution is 6.04. The first-order valence-electron chi connectivity index (χ1n) is 8.64. The Morgan fingerprint density at radius 2 is 1.68 bits per heavy atom. The van der Waals surface area contributed by atoms with Crippen molar-refractivity contribution < 1.29 is 14.3 Å². The number of nitrogens with one attached hydrogen (secondary N) is 2. The van der Waals surface area contributed by atoms with Gasteiger partial charge in [0.2, 0.25) is 0 Å². The maximum absolute atomic E-state index is 12.6. The van der Waals surface area contributed by atoms with Gasteiger partial charge in [-0.1, -0.05) is 18.2 Å². The Bertz CT molecular complexity index is 1030. The number of rotatable bonds is 5. The van der Waals surface area contributed by atoms with E-state index in [-0.39, 0.29) is 5.69 Å². The Morgan fingerprint density at radius 1 is 0.929 bits per heavy atom. The predicted octanol–water partition coefficient (Wildman–Crippen LogP) is 3.88. The molecule has 3 aromatic rings. The summed E-state index contributed by atoms with van der Waals surface area (Å²) in [7, 11) is 1.31. The number of benzene rings is 2. The zero-order chi connectivity index (χ0) is 20.1. The number of aromatic nitrogens is 2. The Labute approximate surface area is 162 Å². The van der Waals surface area contributed by atoms with Gasteiger partial charge in [0.05, 0.1) is 12.7 Å². The van der Waals surface area contributed by atoms with Crippen LogP contribution in [0.2, 0.25) is 0 Å². The van der Waals surface area contributed by atoms with E-state index < -0.39 is 11.9 Å². The molecule has 0 saturated heterocycles. The molecule has 0 radical (unpaired) electrons. The maximum atomic E-state index is 12.6. The number of nitrogens with zero attached hydrogens (tertiary/aromatic N) is 2. The summed E-state index contributed by atoms with van der Waals surface area (Å²) in [5.41, 5.74) is 3.01. The van der Waals surface area contributed by atoms with Crippen LogP contribution >= 0.6 is 0 Å². The third kappa shape index (κ3) is 4.70. The van der Waals surface area contributed by atoms with E-state index in [0.29, 0.717) is 22.9 Å². The van der Waals surface area contributed by atoms with Gasteiger partial charge in [-0.25, -0.2) is 14.8 Å². The minimum atomic E-state index is -0.473. The second kappa shape index (κ2) is 8.30. The molecule has 0 aliphatic heterocycles. The molecular weight excluding hydrogens is 356 g/mol. The van der Waals surface area contributed by atoms with Crippen LogP contribution in [0.15, 0.2) is 54.6 Å². The van der Waals surface area contributed by atoms with Crippen molar-refractivity contribution in [3.05, 3.63) is 77.2 Å². The van der Waals surface area contributed by atoms with Crippen molar-refractivity contribution in [1.29, 1.82) is 0 Å². The molecule has 0 fully saturated rings. The van der Waals surface area contributed by atoms with E-state index in [1.165, 1.54) is 7.11 Å². The van der Waals surface area contributed by atoms with Gasteiger partial charge in [-0.3, -0.25) is 4.79 Å². The van der Waals surface area contributed by atoms with Gasteiger partial charge in [-0.05, 0) is 49.7 Å². The second-order valence-corrected chi connectivity index (χ2v) is 6.21. The van der Waals surface area contributed by atoms with E-state index in [9.17, 15) is 9.59 Å². The summed E-state index contributed by atoms with van der Waals surface area (Å²) < 4.78 is 4.70. The van der Waals surface area contributed by atoms with Crippen molar-refractivity contribution in [2.45, 2.75) is 13.8 Å². The number of ether oxygens (including phenoxy) is 1. The van der Waals surface area contributed by atoms with E-state index in [0.717, 1.165) is 11.3 Å². The van der Waals surface area contributed by atoms with E-state index in [4.69, 9.17) is 4.74 Å². The number of carbonyl (C=O) groups excluding carboxylic acids is 2. The zero-order valence-corrected chi connectivity index (χ0v) is 15.8. The third-order valence-corrected chi connectivity index (χ3v) is 3.90. The van der Waals surface area contributed by atoms with E-state index >= 15 is 0 Å². The average molecular weight is 376 g/mol. The largest absolute Gasteiger partial charge is 0.465 e. The minimum Gasteiger partial charge on any atom is -0.465 e. The molecule has 2 aromatic carbocycles. The summed E-state index contributed by atoms with van der Waals surface area (Å²) in [4.78, 5) is 32.8. The van der Waals surface area contributed by atoms with Gasteiger partial charge in [0, 0.05) is 17.4 Å². The quantitative estimate of drug-likeness (QED) is 0.657. The third-order valence-electron chi connectivity index (χ3n) is 3.90. The van der Waals surface area contributed by atoms with Crippen LogP contribution in [-0.2, 0) is 4.74 Å². The van der Waals surface area contributed by atoms with Gasteiger partial charge in [0.1, 0.15) is 17.3 Å². The first-order chi connectivity index (χ1) is 13.4. The molecule has 0 saturated carbocycles. The summed E-state index contributed by atoms with van der Waals surface area (Å²) in [6.07, 6.45) is 0. The van der Waals surface area contributed by atoms with Gasteiger partial charge in [0.15, 0.2) is 0 Å². The van der Waals surface area contributed by atoms with Gasteiger partial charge < -0.3 is 15.4 Å². The van der Waals surface area contributed by atoms with Crippen LogP contribution in [0, 0.1) is 13.8 Å². The smallest absolute Gasteiger partial charge is 0.337 e. The van der Waals surface area contributed by atoms with Gasteiger partial charge in [-0.2, -0.15) is 0 Å². The molecular formula is C21H20N4O3. The Morgan fingerprint density at radius 3 is 2.43 bits per heavy atom. The molecule has 3 rings (SSSR count). The van der Waals surface area contributed by atoms with Crippen molar-refractivity contribution in [1.82, 2.24) is 9.97 Å². The lowest BCUT2D eigenvalue weighted by atomic mass is 10.2. The van der Waals surface area contributed by atoms with E-state index in [2.05, 4.69) is 20.6 Å². The lowest BCUT2D eigenvalue weighted by molar-refractivity contribution is 0.0600. The maximum Gasteiger partial charge on any atom is 0.337 e. The number of hydrogen-bond donors (Lipinski definition) is 2. The zero-order valence-electron chi connectivity index (χ0n) is 15.8. The highest BCUT2D eigenvalue weighted by Crippen LogP contribution is 2.18. The minimum absolute atomic E-state index is 0.214. The molecule has 0 atom stereocenters. The summed E-state index contributed by atoms with van der Waals surface area (Å²) >= 11 is 0. The number of methoxy groups -OCH3 is 1. The Kier molecular flexibility index (Phi) is 5.64. The first-order valence-corrected chi connectivity index (χ1v) is 8.64. The highest BCUT2D eigenvalue weighted by atomic mass is 16.5. The van der Waals surface area contributed by atoms with Crippen LogP contribution < -0.4 is 10.6 Å². The fourth-order valence-electron chi connectivity index (χ4n) is 2.66. The highest BCUT2D eigenvalue weighted by Gasteiger charge is 2.13. The number of carbonyl (C=O) groups is 2. The average Bonchev–Trinajstić information content (AvgIpc) is 2.67. The van der Waals surface area contributed by atoms with Crippen LogP contribution in [0.25, 0.3) is 0 Å². The van der Waals surface area contributed by atoms with Gasteiger partial charge in [0.25, 0.3) is 5.91 Å². The van der Waals surface area contributed by atoms with Gasteiger partial charge >= 0.3 is 5.97 Å². The molecule has 2 N–H and O–H groups in total. The molecule has 1 aromatic heterocycles. The Hall–Kier alpha value is -3.74. The molecule has 7 nitrogen and oxygen atoms in total. The lowest BCUT2D eigenvalue weighted by Crippen LogP contribution is -2.16. The summed E-state index contributed by atoms with van der Waals surface area (Å²) in [5, 5.41) is 5.92. The second-order valence-electron chi connectivity index (χ2n) is 6.21. The Balaban J connectivity index is 1.80.